The number of rotatable bonds is 3. The molecule has 0 unspecified atom stereocenters. The number of nitrogens with one attached hydrogen (secondary N) is 1. The number of hydrogen-bond acceptors (Lipinski definition) is 4. The monoisotopic (exact) mass is 238 g/mol. The van der Waals surface area contributed by atoms with Crippen LogP contribution in [-0.4, -0.2) is 32.9 Å². The third kappa shape index (κ3) is 2.12. The van der Waals surface area contributed by atoms with Gasteiger partial charge in [0.15, 0.2) is 0 Å². The van der Waals surface area contributed by atoms with Crippen LogP contribution in [0.15, 0.2) is 0 Å². The lowest BCUT2D eigenvalue weighted by Gasteiger charge is -2.31. The van der Waals surface area contributed by atoms with Gasteiger partial charge in [0.05, 0.1) is 17.5 Å². The summed E-state index contributed by atoms with van der Waals surface area (Å²) in [5, 5.41) is 16.2. The molecule has 1 heterocycles. The molecule has 0 aliphatic heterocycles. The van der Waals surface area contributed by atoms with E-state index in [1.807, 2.05) is 6.92 Å². The molecule has 4 N–H and O–H groups in total. The Kier molecular flexibility index (Phi) is 3.06. The number of aryl methyl sites for hydroxylation is 2. The predicted octanol–water partition coefficient (Wildman–Crippen LogP) is -0.182. The third-order valence-electron chi connectivity index (χ3n) is 3.16. The molecule has 0 atom stereocenters. The van der Waals surface area contributed by atoms with Crippen LogP contribution in [0.5, 0.6) is 0 Å². The molecule has 6 nitrogen and oxygen atoms in total. The van der Waals surface area contributed by atoms with Crippen LogP contribution in [0, 0.1) is 0 Å². The van der Waals surface area contributed by atoms with Gasteiger partial charge in [-0.25, -0.2) is 0 Å². The molecule has 1 fully saturated rings. The average molecular weight is 238 g/mol. The van der Waals surface area contributed by atoms with Crippen molar-refractivity contribution in [1.82, 2.24) is 15.1 Å². The Morgan fingerprint density at radius 1 is 1.65 bits per heavy atom. The van der Waals surface area contributed by atoms with Gasteiger partial charge in [-0.3, -0.25) is 9.48 Å². The van der Waals surface area contributed by atoms with Crippen LogP contribution in [0.1, 0.15) is 35.9 Å². The molecule has 94 valence electrons. The Labute approximate surface area is 99.8 Å². The summed E-state index contributed by atoms with van der Waals surface area (Å²) in [7, 11) is 1.71. The first kappa shape index (κ1) is 11.9. The first-order chi connectivity index (χ1) is 8.02. The molecule has 6 heteroatoms. The molecule has 0 radical (unpaired) electrons. The van der Waals surface area contributed by atoms with E-state index in [1.165, 1.54) is 4.68 Å². The highest BCUT2D eigenvalue weighted by Crippen LogP contribution is 2.21. The van der Waals surface area contributed by atoms with Crippen molar-refractivity contribution in [2.45, 2.75) is 38.3 Å². The second-order valence-corrected chi connectivity index (χ2v) is 4.48. The number of aromatic nitrogens is 2. The summed E-state index contributed by atoms with van der Waals surface area (Å²) in [6.45, 7) is 1.95. The topological polar surface area (TPSA) is 93.2 Å². The Bertz CT molecular complexity index is 435. The maximum atomic E-state index is 12.0. The largest absolute Gasteiger partial charge is 0.395 e. The lowest BCUT2D eigenvalue weighted by molar-refractivity contribution is 0.0559. The van der Waals surface area contributed by atoms with Crippen molar-refractivity contribution >= 4 is 11.6 Å². The summed E-state index contributed by atoms with van der Waals surface area (Å²) in [4.78, 5) is 12.0. The van der Waals surface area contributed by atoms with Gasteiger partial charge in [-0.05, 0) is 19.3 Å². The lowest BCUT2D eigenvalue weighted by Crippen LogP contribution is -2.47. The van der Waals surface area contributed by atoms with Gasteiger partial charge in [-0.2, -0.15) is 5.10 Å². The minimum atomic E-state index is -0.282. The zero-order chi connectivity index (χ0) is 12.6. The second-order valence-electron chi connectivity index (χ2n) is 4.48. The van der Waals surface area contributed by atoms with Crippen molar-refractivity contribution in [3.05, 3.63) is 11.4 Å². The number of aliphatic hydroxyl groups is 1. The van der Waals surface area contributed by atoms with Crippen LogP contribution in [-0.2, 0) is 13.5 Å². The van der Waals surface area contributed by atoms with Gasteiger partial charge in [-0.1, -0.05) is 6.92 Å². The van der Waals surface area contributed by atoms with Crippen molar-refractivity contribution in [2.75, 3.05) is 5.73 Å². The number of anilines is 1. The highest BCUT2D eigenvalue weighted by Gasteiger charge is 2.30. The lowest BCUT2D eigenvalue weighted by atomic mass is 9.89. The molecular formula is C11H18N4O2. The standard InChI is InChI=1S/C11H18N4O2/c1-3-8-9(12)10(15(2)14-8)11(17)13-6-4-7(16)5-6/h6-7,16H,3-5,12H2,1-2H3,(H,13,17). The van der Waals surface area contributed by atoms with Crippen molar-refractivity contribution in [2.24, 2.45) is 7.05 Å². The van der Waals surface area contributed by atoms with E-state index in [0.29, 0.717) is 30.6 Å². The second kappa shape index (κ2) is 4.37. The van der Waals surface area contributed by atoms with Gasteiger partial charge in [0.2, 0.25) is 0 Å². The third-order valence-corrected chi connectivity index (χ3v) is 3.16. The Morgan fingerprint density at radius 2 is 2.29 bits per heavy atom. The highest BCUT2D eigenvalue weighted by atomic mass is 16.3. The number of nitrogen functional groups attached to an aromatic ring is 1. The Hall–Kier alpha value is -1.56. The minimum Gasteiger partial charge on any atom is -0.395 e. The SMILES string of the molecule is CCc1nn(C)c(C(=O)NC2CC(O)C2)c1N. The fourth-order valence-corrected chi connectivity index (χ4v) is 2.09. The number of amides is 1. The number of aliphatic hydroxyl groups excluding tert-OH is 1. The van der Waals surface area contributed by atoms with Gasteiger partial charge in [0.1, 0.15) is 5.69 Å². The molecule has 0 saturated heterocycles. The molecule has 2 rings (SSSR count). The number of carbonyl (C=O) groups excluding carboxylic acids is 1. The molecule has 0 aromatic carbocycles. The first-order valence-electron chi connectivity index (χ1n) is 5.83. The van der Waals surface area contributed by atoms with E-state index < -0.39 is 0 Å². The van der Waals surface area contributed by atoms with Crippen LogP contribution >= 0.6 is 0 Å². The molecule has 1 aliphatic carbocycles. The summed E-state index contributed by atoms with van der Waals surface area (Å²) in [5.41, 5.74) is 7.48. The van der Waals surface area contributed by atoms with Gasteiger partial charge in [0, 0.05) is 13.1 Å². The van der Waals surface area contributed by atoms with Gasteiger partial charge < -0.3 is 16.2 Å². The van der Waals surface area contributed by atoms with Gasteiger partial charge in [0.25, 0.3) is 5.91 Å². The molecule has 1 aliphatic rings. The van der Waals surface area contributed by atoms with E-state index in [4.69, 9.17) is 10.8 Å². The average Bonchev–Trinajstić information content (AvgIpc) is 2.51. The highest BCUT2D eigenvalue weighted by molar-refractivity contribution is 5.98. The maximum Gasteiger partial charge on any atom is 0.271 e. The van der Waals surface area contributed by atoms with Crippen LogP contribution in [0.4, 0.5) is 5.69 Å². The summed E-state index contributed by atoms with van der Waals surface area (Å²) in [5.74, 6) is -0.214. The Balaban J connectivity index is 2.11. The summed E-state index contributed by atoms with van der Waals surface area (Å²) in [6, 6.07) is 0.0527. The quantitative estimate of drug-likeness (QED) is 0.681. The van der Waals surface area contributed by atoms with Crippen molar-refractivity contribution < 1.29 is 9.90 Å². The van der Waals surface area contributed by atoms with Crippen molar-refractivity contribution in [1.29, 1.82) is 0 Å². The molecule has 0 bridgehead atoms. The number of hydrogen-bond donors (Lipinski definition) is 3. The van der Waals surface area contributed by atoms with E-state index in [0.717, 1.165) is 5.69 Å². The molecule has 1 aromatic heterocycles. The van der Waals surface area contributed by atoms with E-state index in [1.54, 1.807) is 7.05 Å². The minimum absolute atomic E-state index is 0.0527. The zero-order valence-electron chi connectivity index (χ0n) is 10.1. The molecule has 17 heavy (non-hydrogen) atoms. The van der Waals surface area contributed by atoms with E-state index in [9.17, 15) is 4.79 Å². The molecule has 1 aromatic rings. The summed E-state index contributed by atoms with van der Waals surface area (Å²) in [6.07, 6.45) is 1.65. The normalized spacial score (nSPS) is 23.2. The van der Waals surface area contributed by atoms with Crippen molar-refractivity contribution in [3.8, 4) is 0 Å². The van der Waals surface area contributed by atoms with E-state index in [2.05, 4.69) is 10.4 Å². The number of nitrogens with zero attached hydrogens (tertiary/aromatic N) is 2. The van der Waals surface area contributed by atoms with Crippen LogP contribution in [0.25, 0.3) is 0 Å². The van der Waals surface area contributed by atoms with Crippen LogP contribution in [0.2, 0.25) is 0 Å². The smallest absolute Gasteiger partial charge is 0.271 e. The maximum absolute atomic E-state index is 12.0. The number of nitrogens with two attached hydrogens (primary N) is 1. The molecule has 1 saturated carbocycles. The summed E-state index contributed by atoms with van der Waals surface area (Å²) >= 11 is 0. The zero-order valence-corrected chi connectivity index (χ0v) is 10.1. The molecule has 0 spiro atoms. The van der Waals surface area contributed by atoms with Gasteiger partial charge in [-0.15, -0.1) is 0 Å². The molecule has 1 amide bonds. The fraction of sp³-hybridized carbons (Fsp3) is 0.636. The van der Waals surface area contributed by atoms with Gasteiger partial charge >= 0.3 is 0 Å². The van der Waals surface area contributed by atoms with Crippen molar-refractivity contribution in [3.63, 3.8) is 0 Å². The van der Waals surface area contributed by atoms with E-state index in [-0.39, 0.29) is 18.1 Å². The first-order valence-corrected chi connectivity index (χ1v) is 5.83. The van der Waals surface area contributed by atoms with Crippen LogP contribution < -0.4 is 11.1 Å². The number of carbonyl (C=O) groups is 1. The molecular weight excluding hydrogens is 220 g/mol. The van der Waals surface area contributed by atoms with E-state index >= 15 is 0 Å². The Morgan fingerprint density at radius 3 is 2.76 bits per heavy atom. The predicted molar refractivity (Wildman–Crippen MR) is 63.5 cm³/mol. The van der Waals surface area contributed by atoms with Crippen LogP contribution in [0.3, 0.4) is 0 Å². The summed E-state index contributed by atoms with van der Waals surface area (Å²) < 4.78 is 1.51. The fourth-order valence-electron chi connectivity index (χ4n) is 2.09.